The Kier molecular flexibility index (Phi) is 6.26. The lowest BCUT2D eigenvalue weighted by atomic mass is 10.2. The molecule has 0 aromatic heterocycles. The van der Waals surface area contributed by atoms with Crippen LogP contribution in [-0.4, -0.2) is 28.9 Å². The molecule has 0 aliphatic rings. The molecule has 0 radical (unpaired) electrons. The average Bonchev–Trinajstić information content (AvgIpc) is 2.38. The molecule has 8 heteroatoms. The van der Waals surface area contributed by atoms with Crippen molar-refractivity contribution in [1.29, 1.82) is 0 Å². The standard InChI is InChI=1S/C11H14BrN3O3S/c1-19-5-4-9(13)11(16)14-10-6-7(15(17)18)2-3-8(10)12/h2-3,6,9H,4-5,13H2,1H3,(H,14,16)/t9-/m1/s1. The molecule has 6 nitrogen and oxygen atoms in total. The number of nitrogens with one attached hydrogen (secondary N) is 1. The summed E-state index contributed by atoms with van der Waals surface area (Å²) in [4.78, 5) is 22.0. The van der Waals surface area contributed by atoms with Gasteiger partial charge in [-0.05, 0) is 40.4 Å². The summed E-state index contributed by atoms with van der Waals surface area (Å²) in [5.74, 6) is 0.431. The van der Waals surface area contributed by atoms with Crippen LogP contribution in [0, 0.1) is 10.1 Å². The molecular weight excluding hydrogens is 334 g/mol. The van der Waals surface area contributed by atoms with Crippen molar-refractivity contribution in [3.8, 4) is 0 Å². The zero-order valence-corrected chi connectivity index (χ0v) is 12.7. The molecule has 0 fully saturated rings. The van der Waals surface area contributed by atoms with E-state index in [9.17, 15) is 14.9 Å². The third-order valence-electron chi connectivity index (χ3n) is 2.39. The molecule has 0 heterocycles. The predicted octanol–water partition coefficient (Wildman–Crippen LogP) is 2.38. The monoisotopic (exact) mass is 347 g/mol. The highest BCUT2D eigenvalue weighted by Gasteiger charge is 2.16. The Labute approximate surface area is 123 Å². The van der Waals surface area contributed by atoms with Gasteiger partial charge >= 0.3 is 0 Å². The summed E-state index contributed by atoms with van der Waals surface area (Å²) < 4.78 is 0.573. The number of nitrogens with zero attached hydrogens (tertiary/aromatic N) is 1. The predicted molar refractivity (Wildman–Crippen MR) is 80.4 cm³/mol. The molecule has 1 rings (SSSR count). The molecule has 0 saturated carbocycles. The van der Waals surface area contributed by atoms with E-state index in [0.29, 0.717) is 16.6 Å². The van der Waals surface area contributed by atoms with Gasteiger partial charge in [-0.3, -0.25) is 14.9 Å². The van der Waals surface area contributed by atoms with Crippen molar-refractivity contribution in [2.75, 3.05) is 17.3 Å². The number of hydrogen-bond acceptors (Lipinski definition) is 5. The Morgan fingerprint density at radius 2 is 2.32 bits per heavy atom. The van der Waals surface area contributed by atoms with Gasteiger partial charge in [0.1, 0.15) is 0 Å². The number of rotatable bonds is 6. The fraction of sp³-hybridized carbons (Fsp3) is 0.364. The van der Waals surface area contributed by atoms with E-state index in [1.165, 1.54) is 18.2 Å². The van der Waals surface area contributed by atoms with Crippen molar-refractivity contribution >= 4 is 45.0 Å². The van der Waals surface area contributed by atoms with Gasteiger partial charge in [-0.15, -0.1) is 0 Å². The maximum atomic E-state index is 11.8. The number of non-ortho nitro benzene ring substituents is 1. The third kappa shape index (κ3) is 4.81. The second-order valence-corrected chi connectivity index (χ2v) is 5.64. The lowest BCUT2D eigenvalue weighted by molar-refractivity contribution is -0.384. The van der Waals surface area contributed by atoms with Crippen LogP contribution in [-0.2, 0) is 4.79 Å². The minimum Gasteiger partial charge on any atom is -0.323 e. The van der Waals surface area contributed by atoms with Gasteiger partial charge in [-0.25, -0.2) is 0 Å². The van der Waals surface area contributed by atoms with E-state index < -0.39 is 11.0 Å². The maximum absolute atomic E-state index is 11.8. The Morgan fingerprint density at radius 3 is 2.89 bits per heavy atom. The molecular formula is C11H14BrN3O3S. The highest BCUT2D eigenvalue weighted by molar-refractivity contribution is 9.10. The van der Waals surface area contributed by atoms with E-state index >= 15 is 0 Å². The number of thioether (sulfide) groups is 1. The first-order valence-electron chi connectivity index (χ1n) is 5.45. The van der Waals surface area contributed by atoms with Crippen molar-refractivity contribution in [2.45, 2.75) is 12.5 Å². The van der Waals surface area contributed by atoms with Gasteiger partial charge in [0.2, 0.25) is 5.91 Å². The molecule has 104 valence electrons. The van der Waals surface area contributed by atoms with Gasteiger partial charge in [0.05, 0.1) is 16.7 Å². The van der Waals surface area contributed by atoms with Crippen LogP contribution in [0.25, 0.3) is 0 Å². The fourth-order valence-electron chi connectivity index (χ4n) is 1.32. The summed E-state index contributed by atoms with van der Waals surface area (Å²) in [7, 11) is 0. The second kappa shape index (κ2) is 7.46. The van der Waals surface area contributed by atoms with Crippen LogP contribution in [0.4, 0.5) is 11.4 Å². The first kappa shape index (κ1) is 15.9. The summed E-state index contributed by atoms with van der Waals surface area (Å²) in [5.41, 5.74) is 5.98. The molecule has 0 aliphatic carbocycles. The van der Waals surface area contributed by atoms with Crippen molar-refractivity contribution < 1.29 is 9.72 Å². The van der Waals surface area contributed by atoms with Gasteiger partial charge in [0.25, 0.3) is 5.69 Å². The molecule has 1 amide bonds. The van der Waals surface area contributed by atoms with Gasteiger partial charge in [0, 0.05) is 16.6 Å². The van der Waals surface area contributed by atoms with Crippen LogP contribution in [0.1, 0.15) is 6.42 Å². The van der Waals surface area contributed by atoms with Crippen LogP contribution >= 0.6 is 27.7 Å². The van der Waals surface area contributed by atoms with Crippen LogP contribution in [0.2, 0.25) is 0 Å². The highest BCUT2D eigenvalue weighted by Crippen LogP contribution is 2.27. The number of amides is 1. The largest absolute Gasteiger partial charge is 0.323 e. The SMILES string of the molecule is CSCC[C@@H](N)C(=O)Nc1cc([N+](=O)[O-])ccc1Br. The van der Waals surface area contributed by atoms with Gasteiger partial charge in [0.15, 0.2) is 0 Å². The molecule has 0 spiro atoms. The van der Waals surface area contributed by atoms with E-state index in [0.717, 1.165) is 5.75 Å². The number of carbonyl (C=O) groups is 1. The number of hydrogen-bond donors (Lipinski definition) is 2. The smallest absolute Gasteiger partial charge is 0.271 e. The van der Waals surface area contributed by atoms with Gasteiger partial charge < -0.3 is 11.1 Å². The molecule has 1 aromatic carbocycles. The number of nitro groups is 1. The number of benzene rings is 1. The molecule has 19 heavy (non-hydrogen) atoms. The van der Waals surface area contributed by atoms with E-state index in [1.807, 2.05) is 6.26 Å². The first-order chi connectivity index (χ1) is 8.95. The van der Waals surface area contributed by atoms with Crippen LogP contribution < -0.4 is 11.1 Å². The molecule has 3 N–H and O–H groups in total. The number of carbonyl (C=O) groups excluding carboxylic acids is 1. The third-order valence-corrected chi connectivity index (χ3v) is 3.72. The first-order valence-corrected chi connectivity index (χ1v) is 7.63. The zero-order chi connectivity index (χ0) is 14.4. The van der Waals surface area contributed by atoms with E-state index in [-0.39, 0.29) is 11.6 Å². The van der Waals surface area contributed by atoms with Crippen molar-refractivity contribution in [3.63, 3.8) is 0 Å². The van der Waals surface area contributed by atoms with Crippen LogP contribution in [0.5, 0.6) is 0 Å². The molecule has 0 saturated heterocycles. The van der Waals surface area contributed by atoms with Crippen molar-refractivity contribution in [3.05, 3.63) is 32.8 Å². The molecule has 0 aliphatic heterocycles. The average molecular weight is 348 g/mol. The number of nitrogens with two attached hydrogens (primary N) is 1. The summed E-state index contributed by atoms with van der Waals surface area (Å²) in [6.45, 7) is 0. The van der Waals surface area contributed by atoms with E-state index in [1.54, 1.807) is 11.8 Å². The number of nitro benzene ring substituents is 1. The summed E-state index contributed by atoms with van der Waals surface area (Å²) in [5, 5.41) is 13.3. The Morgan fingerprint density at radius 1 is 1.63 bits per heavy atom. The van der Waals surface area contributed by atoms with Crippen molar-refractivity contribution in [2.24, 2.45) is 5.73 Å². The lowest BCUT2D eigenvalue weighted by Crippen LogP contribution is -2.36. The molecule has 1 aromatic rings. The van der Waals surface area contributed by atoms with Gasteiger partial charge in [-0.1, -0.05) is 0 Å². The minimum absolute atomic E-state index is 0.0869. The maximum Gasteiger partial charge on any atom is 0.271 e. The molecule has 0 unspecified atom stereocenters. The van der Waals surface area contributed by atoms with E-state index in [4.69, 9.17) is 5.73 Å². The molecule has 1 atom stereocenters. The second-order valence-electron chi connectivity index (χ2n) is 3.80. The fourth-order valence-corrected chi connectivity index (χ4v) is 2.16. The number of halogens is 1. The summed E-state index contributed by atoms with van der Waals surface area (Å²) in [6.07, 6.45) is 2.49. The van der Waals surface area contributed by atoms with Crippen LogP contribution in [0.3, 0.4) is 0 Å². The number of anilines is 1. The van der Waals surface area contributed by atoms with E-state index in [2.05, 4.69) is 21.2 Å². The quantitative estimate of drug-likeness (QED) is 0.608. The molecule has 0 bridgehead atoms. The topological polar surface area (TPSA) is 98.3 Å². The Hall–Kier alpha value is -1.12. The van der Waals surface area contributed by atoms with Gasteiger partial charge in [-0.2, -0.15) is 11.8 Å². The summed E-state index contributed by atoms with van der Waals surface area (Å²) in [6, 6.07) is 3.54. The lowest BCUT2D eigenvalue weighted by Gasteiger charge is -2.12. The van der Waals surface area contributed by atoms with Crippen molar-refractivity contribution in [1.82, 2.24) is 0 Å². The summed E-state index contributed by atoms with van der Waals surface area (Å²) >= 11 is 4.83. The zero-order valence-electron chi connectivity index (χ0n) is 10.3. The van der Waals surface area contributed by atoms with Crippen LogP contribution in [0.15, 0.2) is 22.7 Å². The highest BCUT2D eigenvalue weighted by atomic mass is 79.9. The minimum atomic E-state index is -0.626. The Balaban J connectivity index is 2.78. The Bertz CT molecular complexity index is 484. The normalized spacial score (nSPS) is 11.9.